The molecule has 1 aromatic rings. The molecule has 2 heterocycles. The smallest absolute Gasteiger partial charge is 0.213 e. The lowest BCUT2D eigenvalue weighted by Crippen LogP contribution is -2.27. The number of halogens is 1. The lowest BCUT2D eigenvalue weighted by Gasteiger charge is -2.24. The summed E-state index contributed by atoms with van der Waals surface area (Å²) in [6, 6.07) is 1.88. The third-order valence-electron chi connectivity index (χ3n) is 2.80. The number of nitrogens with one attached hydrogen (secondary N) is 1. The van der Waals surface area contributed by atoms with E-state index >= 15 is 0 Å². The normalized spacial score (nSPS) is 22.3. The number of rotatable bonds is 1. The molecule has 14 heavy (non-hydrogen) atoms. The van der Waals surface area contributed by atoms with Gasteiger partial charge in [-0.15, -0.1) is 0 Å². The summed E-state index contributed by atoms with van der Waals surface area (Å²) < 4.78 is 12.8. The minimum atomic E-state index is -0.387. The van der Waals surface area contributed by atoms with E-state index in [2.05, 4.69) is 10.3 Å². The number of hydrogen-bond donors (Lipinski definition) is 1. The average molecular weight is 194 g/mol. The number of hydrogen-bond acceptors (Lipinski definition) is 2. The van der Waals surface area contributed by atoms with Gasteiger partial charge in [0, 0.05) is 12.2 Å². The van der Waals surface area contributed by atoms with E-state index in [9.17, 15) is 4.39 Å². The van der Waals surface area contributed by atoms with Crippen LogP contribution in [0.1, 0.15) is 36.4 Å². The van der Waals surface area contributed by atoms with Crippen molar-refractivity contribution in [1.82, 2.24) is 10.3 Å². The van der Waals surface area contributed by atoms with Crippen LogP contribution in [0.5, 0.6) is 0 Å². The van der Waals surface area contributed by atoms with E-state index < -0.39 is 0 Å². The van der Waals surface area contributed by atoms with Gasteiger partial charge in [0.05, 0.1) is 0 Å². The average Bonchev–Trinajstić information content (AvgIpc) is 2.19. The van der Waals surface area contributed by atoms with Crippen molar-refractivity contribution >= 4 is 0 Å². The standard InChI is InChI=1S/C11H15FN2/c1-8-6-11(12)14-7-9(8)10-4-2-3-5-13-10/h6-7,10,13H,2-5H2,1H3/t10-/m0/s1. The molecule has 1 aliphatic rings. The third-order valence-corrected chi connectivity index (χ3v) is 2.80. The maximum absolute atomic E-state index is 12.8. The first-order valence-corrected chi connectivity index (χ1v) is 5.13. The van der Waals surface area contributed by atoms with Crippen LogP contribution < -0.4 is 5.32 Å². The van der Waals surface area contributed by atoms with Crippen molar-refractivity contribution < 1.29 is 4.39 Å². The predicted octanol–water partition coefficient (Wildman–Crippen LogP) is 2.34. The fraction of sp³-hybridized carbons (Fsp3) is 0.545. The van der Waals surface area contributed by atoms with Crippen molar-refractivity contribution in [3.8, 4) is 0 Å². The first-order chi connectivity index (χ1) is 6.77. The SMILES string of the molecule is Cc1cc(F)ncc1[C@@H]1CCCCN1. The zero-order chi connectivity index (χ0) is 9.97. The maximum Gasteiger partial charge on any atom is 0.213 e. The van der Waals surface area contributed by atoms with E-state index in [1.165, 1.54) is 18.9 Å². The summed E-state index contributed by atoms with van der Waals surface area (Å²) in [5, 5.41) is 3.43. The number of pyridine rings is 1. The lowest BCUT2D eigenvalue weighted by molar-refractivity contribution is 0.409. The highest BCUT2D eigenvalue weighted by atomic mass is 19.1. The van der Waals surface area contributed by atoms with E-state index in [1.807, 2.05) is 6.92 Å². The molecule has 0 aliphatic carbocycles. The van der Waals surface area contributed by atoms with Gasteiger partial charge in [-0.1, -0.05) is 6.42 Å². The predicted molar refractivity (Wildman–Crippen MR) is 53.5 cm³/mol. The Morgan fingerprint density at radius 1 is 1.50 bits per heavy atom. The number of aryl methyl sites for hydroxylation is 1. The molecule has 76 valence electrons. The molecule has 1 saturated heterocycles. The molecule has 0 spiro atoms. The van der Waals surface area contributed by atoms with Crippen LogP contribution in [-0.4, -0.2) is 11.5 Å². The third kappa shape index (κ3) is 1.93. The second kappa shape index (κ2) is 4.05. The minimum absolute atomic E-state index is 0.372. The summed E-state index contributed by atoms with van der Waals surface area (Å²) in [6.07, 6.45) is 5.28. The van der Waals surface area contributed by atoms with E-state index in [0.29, 0.717) is 6.04 Å². The van der Waals surface area contributed by atoms with Gasteiger partial charge < -0.3 is 5.32 Å². The zero-order valence-electron chi connectivity index (χ0n) is 8.39. The molecule has 3 heteroatoms. The van der Waals surface area contributed by atoms with Gasteiger partial charge in [-0.2, -0.15) is 4.39 Å². The Morgan fingerprint density at radius 2 is 2.36 bits per heavy atom. The van der Waals surface area contributed by atoms with Crippen LogP contribution in [0.2, 0.25) is 0 Å². The number of aromatic nitrogens is 1. The molecule has 0 saturated carbocycles. The molecule has 1 atom stereocenters. The summed E-state index contributed by atoms with van der Waals surface area (Å²) in [5.41, 5.74) is 2.14. The van der Waals surface area contributed by atoms with Crippen LogP contribution in [0.15, 0.2) is 12.3 Å². The highest BCUT2D eigenvalue weighted by Gasteiger charge is 2.16. The molecule has 0 aromatic carbocycles. The van der Waals surface area contributed by atoms with Crippen molar-refractivity contribution in [3.63, 3.8) is 0 Å². The van der Waals surface area contributed by atoms with Crippen LogP contribution in [0.4, 0.5) is 4.39 Å². The number of piperidine rings is 1. The Hall–Kier alpha value is -0.960. The topological polar surface area (TPSA) is 24.9 Å². The first kappa shape index (κ1) is 9.59. The quantitative estimate of drug-likeness (QED) is 0.694. The van der Waals surface area contributed by atoms with Crippen LogP contribution in [0, 0.1) is 12.9 Å². The lowest BCUT2D eigenvalue weighted by atomic mass is 9.96. The molecular formula is C11H15FN2. The van der Waals surface area contributed by atoms with Gasteiger partial charge in [-0.3, -0.25) is 0 Å². The van der Waals surface area contributed by atoms with Gasteiger partial charge in [0.1, 0.15) is 0 Å². The second-order valence-corrected chi connectivity index (χ2v) is 3.87. The van der Waals surface area contributed by atoms with Crippen LogP contribution >= 0.6 is 0 Å². The zero-order valence-corrected chi connectivity index (χ0v) is 8.39. The van der Waals surface area contributed by atoms with E-state index in [-0.39, 0.29) is 5.95 Å². The van der Waals surface area contributed by atoms with Crippen molar-refractivity contribution in [2.45, 2.75) is 32.2 Å². The van der Waals surface area contributed by atoms with Gasteiger partial charge >= 0.3 is 0 Å². The molecule has 0 amide bonds. The molecule has 0 radical (unpaired) electrons. The highest BCUT2D eigenvalue weighted by Crippen LogP contribution is 2.24. The van der Waals surface area contributed by atoms with Gasteiger partial charge in [0.15, 0.2) is 0 Å². The summed E-state index contributed by atoms with van der Waals surface area (Å²) >= 11 is 0. The Morgan fingerprint density at radius 3 is 3.00 bits per heavy atom. The first-order valence-electron chi connectivity index (χ1n) is 5.13. The Balaban J connectivity index is 2.22. The molecule has 2 rings (SSSR count). The second-order valence-electron chi connectivity index (χ2n) is 3.87. The largest absolute Gasteiger partial charge is 0.310 e. The molecule has 1 fully saturated rings. The summed E-state index contributed by atoms with van der Waals surface area (Å²) in [4.78, 5) is 3.71. The molecule has 1 N–H and O–H groups in total. The maximum atomic E-state index is 12.8. The van der Waals surface area contributed by atoms with Crippen molar-refractivity contribution in [1.29, 1.82) is 0 Å². The van der Waals surface area contributed by atoms with Crippen molar-refractivity contribution in [3.05, 3.63) is 29.3 Å². The Labute approximate surface area is 83.6 Å². The molecule has 0 bridgehead atoms. The van der Waals surface area contributed by atoms with Gasteiger partial charge in [0.25, 0.3) is 0 Å². The summed E-state index contributed by atoms with van der Waals surface area (Å²) in [6.45, 7) is 3.00. The Bertz CT molecular complexity index is 319. The van der Waals surface area contributed by atoms with Gasteiger partial charge in [-0.05, 0) is 43.5 Å². The molecule has 0 unspecified atom stereocenters. The highest BCUT2D eigenvalue weighted by molar-refractivity contribution is 5.25. The van der Waals surface area contributed by atoms with Gasteiger partial charge in [0.2, 0.25) is 5.95 Å². The molecule has 2 nitrogen and oxygen atoms in total. The summed E-state index contributed by atoms with van der Waals surface area (Å²) in [7, 11) is 0. The van der Waals surface area contributed by atoms with Crippen molar-refractivity contribution in [2.24, 2.45) is 0 Å². The number of nitrogens with zero attached hydrogens (tertiary/aromatic N) is 1. The van der Waals surface area contributed by atoms with Crippen LogP contribution in [0.25, 0.3) is 0 Å². The fourth-order valence-electron chi connectivity index (χ4n) is 2.01. The summed E-state index contributed by atoms with van der Waals surface area (Å²) in [5.74, 6) is -0.387. The Kier molecular flexibility index (Phi) is 2.77. The van der Waals surface area contributed by atoms with Gasteiger partial charge in [-0.25, -0.2) is 4.98 Å². The minimum Gasteiger partial charge on any atom is -0.310 e. The van der Waals surface area contributed by atoms with Crippen LogP contribution in [0.3, 0.4) is 0 Å². The van der Waals surface area contributed by atoms with E-state index in [1.54, 1.807) is 6.20 Å². The molecule has 1 aromatic heterocycles. The molecule has 1 aliphatic heterocycles. The van der Waals surface area contributed by atoms with Crippen LogP contribution in [-0.2, 0) is 0 Å². The van der Waals surface area contributed by atoms with Crippen molar-refractivity contribution in [2.75, 3.05) is 6.54 Å². The molecular weight excluding hydrogens is 179 g/mol. The fourth-order valence-corrected chi connectivity index (χ4v) is 2.01. The van der Waals surface area contributed by atoms with E-state index in [0.717, 1.165) is 24.1 Å². The monoisotopic (exact) mass is 194 g/mol. The van der Waals surface area contributed by atoms with E-state index in [4.69, 9.17) is 0 Å².